The summed E-state index contributed by atoms with van der Waals surface area (Å²) in [6, 6.07) is 13.7. The number of benzene rings is 2. The number of alkyl halides is 3. The zero-order valence-electron chi connectivity index (χ0n) is 44.2. The van der Waals surface area contributed by atoms with E-state index in [1.807, 2.05) is 85.2 Å². The van der Waals surface area contributed by atoms with Crippen molar-refractivity contribution in [2.24, 2.45) is 22.2 Å². The largest absolute Gasteiger partial charge is 0.489 e. The van der Waals surface area contributed by atoms with E-state index in [-0.39, 0.29) is 61.7 Å². The van der Waals surface area contributed by atoms with Crippen LogP contribution in [0.2, 0.25) is 0 Å². The summed E-state index contributed by atoms with van der Waals surface area (Å²) < 4.78 is 58.4. The lowest BCUT2D eigenvalue weighted by Crippen LogP contribution is -2.74. The molecule has 0 spiro atoms. The number of hydrogen-bond donors (Lipinski definition) is 4. The maximum absolute atomic E-state index is 14.3. The minimum Gasteiger partial charge on any atom is -0.489 e. The molecule has 0 bridgehead atoms. The molecule has 1 saturated carbocycles. The van der Waals surface area contributed by atoms with Gasteiger partial charge in [-0.3, -0.25) is 24.1 Å². The standard InChI is InChI=1S/C55H68F3N9O8S/c1-32-45(76-31-61-32)34-11-9-33(10-12-34)44(37-28-74-29-37)63-48(71)41-23-38(68)27-67(41)49(72)46(52(2,3)4)62-43(69)30-73-22-21-65-17-19-66(20-18-65)42-16-14-36(26-60-42)47(70)64-50-53(5,6)51(54(50,7)8)75-39-15-13-35(25-59)40(24-39)55(56,57)58/h9-16,24,26,31,37-38,41,44,46,50-51,68H,17-23,27-30H2,1-8H3,(H,62,69)(H,63,71)(H,64,70)/t38-,41+,44?,46?,50?,51?/m1/s1. The van der Waals surface area contributed by atoms with E-state index in [2.05, 4.69) is 35.7 Å². The van der Waals surface area contributed by atoms with Gasteiger partial charge in [0.2, 0.25) is 17.7 Å². The topological polar surface area (TPSA) is 212 Å². The van der Waals surface area contributed by atoms with Gasteiger partial charge >= 0.3 is 6.18 Å². The Bertz CT molecular complexity index is 2770. The van der Waals surface area contributed by atoms with Crippen molar-refractivity contribution >= 4 is 40.8 Å². The fourth-order valence-electron chi connectivity index (χ4n) is 11.3. The Morgan fingerprint density at radius 3 is 2.24 bits per heavy atom. The molecule has 2 aromatic carbocycles. The van der Waals surface area contributed by atoms with Gasteiger partial charge in [0.1, 0.15) is 36.4 Å². The van der Waals surface area contributed by atoms with Crippen molar-refractivity contribution in [1.29, 1.82) is 5.26 Å². The van der Waals surface area contributed by atoms with Gasteiger partial charge in [0.05, 0.1) is 70.8 Å². The molecule has 4 aromatic rings. The van der Waals surface area contributed by atoms with E-state index in [1.54, 1.807) is 29.5 Å². The normalized spacial score (nSPS) is 22.4. The van der Waals surface area contributed by atoms with Gasteiger partial charge in [0, 0.05) is 74.7 Å². The Balaban J connectivity index is 0.776. The monoisotopic (exact) mass is 1070 g/mol. The van der Waals surface area contributed by atoms with E-state index in [0.717, 1.165) is 33.8 Å². The number of nitrogens with one attached hydrogen (secondary N) is 3. The first kappa shape index (κ1) is 56.0. The molecule has 4 fully saturated rings. The number of thiazole rings is 1. The maximum Gasteiger partial charge on any atom is 0.417 e. The van der Waals surface area contributed by atoms with Crippen LogP contribution in [0.1, 0.15) is 93.7 Å². The van der Waals surface area contributed by atoms with Crippen LogP contribution in [0, 0.1) is 40.4 Å². The van der Waals surface area contributed by atoms with Crippen LogP contribution in [0.15, 0.2) is 66.3 Å². The summed E-state index contributed by atoms with van der Waals surface area (Å²) in [5.74, 6) is -0.936. The summed E-state index contributed by atoms with van der Waals surface area (Å²) >= 11 is 1.56. The third-order valence-electron chi connectivity index (χ3n) is 15.3. The van der Waals surface area contributed by atoms with Gasteiger partial charge in [0.15, 0.2) is 0 Å². The van der Waals surface area contributed by atoms with Gasteiger partial charge < -0.3 is 45.1 Å². The number of aryl methyl sites for hydroxylation is 1. The average Bonchev–Trinajstić information content (AvgIpc) is 3.98. The van der Waals surface area contributed by atoms with Crippen LogP contribution in [0.25, 0.3) is 10.4 Å². The molecule has 0 radical (unpaired) electrons. The highest BCUT2D eigenvalue weighted by Gasteiger charge is 2.64. The molecule has 1 aliphatic carbocycles. The Hall–Kier alpha value is -6.18. The number of rotatable bonds is 17. The van der Waals surface area contributed by atoms with Crippen LogP contribution in [0.3, 0.4) is 0 Å². The van der Waals surface area contributed by atoms with Gasteiger partial charge in [-0.05, 0) is 53.8 Å². The number of pyridine rings is 1. The Morgan fingerprint density at radius 2 is 1.66 bits per heavy atom. The number of β-amino-alcohol motifs (C(OH)–C–C–N with tert-alkyl or cyclic N) is 1. The van der Waals surface area contributed by atoms with E-state index < -0.39 is 69.7 Å². The molecule has 3 aliphatic heterocycles. The first-order valence-corrected chi connectivity index (χ1v) is 26.5. The van der Waals surface area contributed by atoms with E-state index >= 15 is 0 Å². The Labute approximate surface area is 445 Å². The summed E-state index contributed by atoms with van der Waals surface area (Å²) in [5, 5.41) is 29.1. The highest BCUT2D eigenvalue weighted by atomic mass is 32.1. The van der Waals surface area contributed by atoms with Crippen molar-refractivity contribution < 1.29 is 51.7 Å². The third kappa shape index (κ3) is 12.2. The number of carbonyl (C=O) groups excluding carboxylic acids is 4. The number of aliphatic hydroxyl groups is 1. The fraction of sp³-hybridized carbons (Fsp3) is 0.545. The van der Waals surface area contributed by atoms with Crippen LogP contribution in [-0.2, 0) is 30.0 Å². The number of amides is 4. The molecular formula is C55H68F3N9O8S. The Kier molecular flexibility index (Phi) is 16.5. The average molecular weight is 1070 g/mol. The van der Waals surface area contributed by atoms with Crippen LogP contribution in [0.4, 0.5) is 19.0 Å². The van der Waals surface area contributed by atoms with E-state index in [9.17, 15) is 42.7 Å². The fourth-order valence-corrected chi connectivity index (χ4v) is 12.1. The molecule has 2 aromatic heterocycles. The second kappa shape index (κ2) is 22.4. The number of nitriles is 1. The van der Waals surface area contributed by atoms with E-state index in [0.29, 0.717) is 57.3 Å². The van der Waals surface area contributed by atoms with E-state index in [4.69, 9.17) is 14.2 Å². The second-order valence-corrected chi connectivity index (χ2v) is 23.4. The summed E-state index contributed by atoms with van der Waals surface area (Å²) in [6.07, 6.45) is -4.61. The van der Waals surface area contributed by atoms with Gasteiger partial charge in [-0.25, -0.2) is 9.97 Å². The van der Waals surface area contributed by atoms with Crippen molar-refractivity contribution in [2.75, 3.05) is 70.6 Å². The lowest BCUT2D eigenvalue weighted by atomic mass is 9.49. The first-order chi connectivity index (χ1) is 35.9. The van der Waals surface area contributed by atoms with Crippen LogP contribution in [0.5, 0.6) is 5.75 Å². The Morgan fingerprint density at radius 1 is 0.961 bits per heavy atom. The number of piperazine rings is 1. The predicted molar refractivity (Wildman–Crippen MR) is 278 cm³/mol. The number of halogens is 3. The minimum atomic E-state index is -4.72. The zero-order chi connectivity index (χ0) is 54.9. The molecule has 408 valence electrons. The molecule has 5 heterocycles. The quantitative estimate of drug-likeness (QED) is 0.0876. The molecule has 3 saturated heterocycles. The smallest absolute Gasteiger partial charge is 0.417 e. The highest BCUT2D eigenvalue weighted by Crippen LogP contribution is 2.56. The summed E-state index contributed by atoms with van der Waals surface area (Å²) in [5.41, 5.74) is 1.43. The van der Waals surface area contributed by atoms with Crippen LogP contribution < -0.4 is 25.6 Å². The molecule has 4 amide bonds. The number of nitrogens with zero attached hydrogens (tertiary/aromatic N) is 6. The first-order valence-electron chi connectivity index (χ1n) is 25.6. The third-order valence-corrected chi connectivity index (χ3v) is 16.2. The van der Waals surface area contributed by atoms with Crippen molar-refractivity contribution in [1.82, 2.24) is 35.7 Å². The molecule has 2 unspecified atom stereocenters. The van der Waals surface area contributed by atoms with Gasteiger partial charge in [-0.15, -0.1) is 11.3 Å². The molecule has 17 nitrogen and oxygen atoms in total. The maximum atomic E-state index is 14.3. The van der Waals surface area contributed by atoms with Crippen LogP contribution >= 0.6 is 11.3 Å². The summed E-state index contributed by atoms with van der Waals surface area (Å²) in [4.78, 5) is 71.0. The SMILES string of the molecule is Cc1ncsc1-c1ccc(C(NC(=O)[C@@H]2C[C@@H](O)CN2C(=O)C(NC(=O)COCCN2CCN(c3ccc(C(=O)NC4C(C)(C)C(Oc5ccc(C#N)c(C(F)(F)F)c5)C4(C)C)cn3)CC2)C(C)(C)C)C2COC2)cc1. The lowest BCUT2D eigenvalue weighted by Gasteiger charge is -2.63. The lowest BCUT2D eigenvalue weighted by molar-refractivity contribution is -0.164. The number of hydrogen-bond acceptors (Lipinski definition) is 14. The summed E-state index contributed by atoms with van der Waals surface area (Å²) in [7, 11) is 0. The highest BCUT2D eigenvalue weighted by molar-refractivity contribution is 7.13. The van der Waals surface area contributed by atoms with Crippen molar-refractivity contribution in [3.05, 3.63) is 94.3 Å². The molecule has 21 heteroatoms. The summed E-state index contributed by atoms with van der Waals surface area (Å²) in [6.45, 7) is 19.2. The van der Waals surface area contributed by atoms with Gasteiger partial charge in [-0.2, -0.15) is 18.4 Å². The van der Waals surface area contributed by atoms with Crippen LogP contribution in [-0.4, -0.2) is 145 Å². The number of carbonyl (C=O) groups is 4. The van der Waals surface area contributed by atoms with E-state index in [1.165, 1.54) is 17.2 Å². The molecular weight excluding hydrogens is 1000 g/mol. The van der Waals surface area contributed by atoms with Crippen molar-refractivity contribution in [2.45, 2.75) is 104 Å². The second-order valence-electron chi connectivity index (χ2n) is 22.6. The van der Waals surface area contributed by atoms with Gasteiger partial charge in [0.25, 0.3) is 5.91 Å². The van der Waals surface area contributed by atoms with Crippen molar-refractivity contribution in [3.63, 3.8) is 0 Å². The molecule has 4 atom stereocenters. The minimum absolute atomic E-state index is 0.0103. The zero-order valence-corrected chi connectivity index (χ0v) is 45.0. The number of ether oxygens (including phenoxy) is 3. The predicted octanol–water partition coefficient (Wildman–Crippen LogP) is 6.15. The number of anilines is 1. The molecule has 4 aliphatic rings. The number of likely N-dealkylation sites (tertiary alicyclic amines) is 1. The van der Waals surface area contributed by atoms with Gasteiger partial charge in [-0.1, -0.05) is 72.7 Å². The molecule has 8 rings (SSSR count). The number of aliphatic hydroxyl groups excluding tert-OH is 1. The van der Waals surface area contributed by atoms with Crippen molar-refractivity contribution in [3.8, 4) is 22.3 Å². The number of aromatic nitrogens is 2. The molecule has 76 heavy (non-hydrogen) atoms. The molecule has 4 N–H and O–H groups in total.